The molecule has 3 aromatic rings. The van der Waals surface area contributed by atoms with Crippen molar-refractivity contribution in [1.29, 1.82) is 0 Å². The van der Waals surface area contributed by atoms with Crippen molar-refractivity contribution >= 4 is 5.91 Å². The monoisotopic (exact) mass is 365 g/mol. The van der Waals surface area contributed by atoms with E-state index in [9.17, 15) is 9.18 Å². The van der Waals surface area contributed by atoms with Crippen LogP contribution >= 0.6 is 0 Å². The van der Waals surface area contributed by atoms with Crippen molar-refractivity contribution in [1.82, 2.24) is 15.0 Å². The van der Waals surface area contributed by atoms with Gasteiger partial charge in [-0.1, -0.05) is 35.5 Å². The average molecular weight is 365 g/mol. The number of hydrogen-bond donors (Lipinski definition) is 0. The van der Waals surface area contributed by atoms with Crippen LogP contribution < -0.4 is 0 Å². The SMILES string of the molecule is O=C(Cc1cccc(F)c1)N1CCC(Cc2noc(-c3ccccc3)n2)C1. The predicted octanol–water partition coefficient (Wildman–Crippen LogP) is 3.51. The zero-order valence-corrected chi connectivity index (χ0v) is 14.8. The highest BCUT2D eigenvalue weighted by atomic mass is 19.1. The Bertz CT molecular complexity index is 926. The number of halogens is 1. The molecule has 6 heteroatoms. The first-order valence-corrected chi connectivity index (χ1v) is 9.07. The Morgan fingerprint density at radius 1 is 1.19 bits per heavy atom. The van der Waals surface area contributed by atoms with Gasteiger partial charge in [-0.3, -0.25) is 4.79 Å². The average Bonchev–Trinajstić information content (AvgIpc) is 3.33. The second-order valence-corrected chi connectivity index (χ2v) is 6.89. The molecule has 1 aliphatic heterocycles. The van der Waals surface area contributed by atoms with Gasteiger partial charge in [0, 0.05) is 25.1 Å². The Hall–Kier alpha value is -3.02. The van der Waals surface area contributed by atoms with Gasteiger partial charge in [0.1, 0.15) is 5.82 Å². The molecule has 1 saturated heterocycles. The standard InChI is InChI=1S/C21H20FN3O2/c22-18-8-4-5-15(11-18)13-20(26)25-10-9-16(14-25)12-19-23-21(27-24-19)17-6-2-1-3-7-17/h1-8,11,16H,9-10,12-14H2. The smallest absolute Gasteiger partial charge is 0.257 e. The number of amides is 1. The number of carbonyl (C=O) groups is 1. The van der Waals surface area contributed by atoms with Gasteiger partial charge in [-0.2, -0.15) is 4.98 Å². The summed E-state index contributed by atoms with van der Waals surface area (Å²) in [5, 5.41) is 4.07. The van der Waals surface area contributed by atoms with Crippen LogP contribution in [0.2, 0.25) is 0 Å². The number of rotatable bonds is 5. The van der Waals surface area contributed by atoms with Gasteiger partial charge in [-0.05, 0) is 42.2 Å². The van der Waals surface area contributed by atoms with E-state index in [1.54, 1.807) is 12.1 Å². The summed E-state index contributed by atoms with van der Waals surface area (Å²) in [5.74, 6) is 1.20. The lowest BCUT2D eigenvalue weighted by molar-refractivity contribution is -0.129. The molecule has 4 rings (SSSR count). The molecule has 1 unspecified atom stereocenters. The zero-order valence-electron chi connectivity index (χ0n) is 14.8. The van der Waals surface area contributed by atoms with Crippen molar-refractivity contribution in [3.63, 3.8) is 0 Å². The van der Waals surface area contributed by atoms with Gasteiger partial charge in [0.2, 0.25) is 5.91 Å². The predicted molar refractivity (Wildman–Crippen MR) is 98.2 cm³/mol. The van der Waals surface area contributed by atoms with Gasteiger partial charge in [0.25, 0.3) is 5.89 Å². The van der Waals surface area contributed by atoms with E-state index >= 15 is 0 Å². The fraction of sp³-hybridized carbons (Fsp3) is 0.286. The number of likely N-dealkylation sites (tertiary alicyclic amines) is 1. The maximum absolute atomic E-state index is 13.3. The molecule has 1 fully saturated rings. The molecule has 0 N–H and O–H groups in total. The van der Waals surface area contributed by atoms with Crippen molar-refractivity contribution in [3.8, 4) is 11.5 Å². The van der Waals surface area contributed by atoms with Crippen LogP contribution in [0.15, 0.2) is 59.1 Å². The molecular formula is C21H20FN3O2. The molecule has 138 valence electrons. The highest BCUT2D eigenvalue weighted by molar-refractivity contribution is 5.79. The van der Waals surface area contributed by atoms with Crippen molar-refractivity contribution in [2.24, 2.45) is 5.92 Å². The molecule has 2 aromatic carbocycles. The Morgan fingerprint density at radius 3 is 2.85 bits per heavy atom. The number of benzene rings is 2. The second kappa shape index (κ2) is 7.70. The third-order valence-corrected chi connectivity index (χ3v) is 4.84. The van der Waals surface area contributed by atoms with Crippen LogP contribution in [0.5, 0.6) is 0 Å². The molecule has 0 aliphatic carbocycles. The summed E-state index contributed by atoms with van der Waals surface area (Å²) in [4.78, 5) is 18.8. The summed E-state index contributed by atoms with van der Waals surface area (Å²) >= 11 is 0. The Morgan fingerprint density at radius 2 is 2.04 bits per heavy atom. The van der Waals surface area contributed by atoms with Crippen molar-refractivity contribution < 1.29 is 13.7 Å². The molecule has 2 heterocycles. The minimum Gasteiger partial charge on any atom is -0.342 e. The summed E-state index contributed by atoms with van der Waals surface area (Å²) in [7, 11) is 0. The van der Waals surface area contributed by atoms with Crippen LogP contribution in [0, 0.1) is 11.7 Å². The van der Waals surface area contributed by atoms with Gasteiger partial charge in [-0.15, -0.1) is 0 Å². The molecule has 0 spiro atoms. The van der Waals surface area contributed by atoms with Crippen LogP contribution in [0.3, 0.4) is 0 Å². The van der Waals surface area contributed by atoms with E-state index in [1.807, 2.05) is 35.2 Å². The molecule has 5 nitrogen and oxygen atoms in total. The third-order valence-electron chi connectivity index (χ3n) is 4.84. The first-order valence-electron chi connectivity index (χ1n) is 9.07. The molecular weight excluding hydrogens is 345 g/mol. The van der Waals surface area contributed by atoms with Crippen molar-refractivity contribution in [3.05, 3.63) is 71.8 Å². The minimum atomic E-state index is -0.314. The van der Waals surface area contributed by atoms with E-state index in [4.69, 9.17) is 4.52 Å². The van der Waals surface area contributed by atoms with Crippen molar-refractivity contribution in [2.75, 3.05) is 13.1 Å². The Labute approximate surface area is 156 Å². The molecule has 0 radical (unpaired) electrons. The lowest BCUT2D eigenvalue weighted by Gasteiger charge is -2.16. The quantitative estimate of drug-likeness (QED) is 0.694. The Kier molecular flexibility index (Phi) is 4.96. The molecule has 1 amide bonds. The molecule has 1 atom stereocenters. The number of nitrogens with zero attached hydrogens (tertiary/aromatic N) is 3. The summed E-state index contributed by atoms with van der Waals surface area (Å²) in [5.41, 5.74) is 1.60. The first kappa shape index (κ1) is 17.4. The fourth-order valence-electron chi connectivity index (χ4n) is 3.45. The Balaban J connectivity index is 1.33. The largest absolute Gasteiger partial charge is 0.342 e. The van der Waals surface area contributed by atoms with Crippen LogP contribution in [0.1, 0.15) is 17.8 Å². The van der Waals surface area contributed by atoms with Crippen LogP contribution in [-0.4, -0.2) is 34.0 Å². The van der Waals surface area contributed by atoms with Gasteiger partial charge in [-0.25, -0.2) is 4.39 Å². The van der Waals surface area contributed by atoms with E-state index in [0.29, 0.717) is 42.7 Å². The molecule has 1 aromatic heterocycles. The number of hydrogen-bond acceptors (Lipinski definition) is 4. The topological polar surface area (TPSA) is 59.2 Å². The van der Waals surface area contributed by atoms with Gasteiger partial charge >= 0.3 is 0 Å². The van der Waals surface area contributed by atoms with Crippen LogP contribution in [0.25, 0.3) is 11.5 Å². The third kappa shape index (κ3) is 4.22. The maximum Gasteiger partial charge on any atom is 0.257 e. The minimum absolute atomic E-state index is 0.0289. The van der Waals surface area contributed by atoms with E-state index in [0.717, 1.165) is 12.0 Å². The van der Waals surface area contributed by atoms with Gasteiger partial charge in [0.05, 0.1) is 6.42 Å². The summed E-state index contributed by atoms with van der Waals surface area (Å²) < 4.78 is 18.6. The molecule has 27 heavy (non-hydrogen) atoms. The van der Waals surface area contributed by atoms with E-state index in [1.165, 1.54) is 12.1 Å². The van der Waals surface area contributed by atoms with Crippen molar-refractivity contribution in [2.45, 2.75) is 19.3 Å². The maximum atomic E-state index is 13.3. The summed E-state index contributed by atoms with van der Waals surface area (Å²) in [6.45, 7) is 1.38. The lowest BCUT2D eigenvalue weighted by Crippen LogP contribution is -2.30. The highest BCUT2D eigenvalue weighted by Gasteiger charge is 2.27. The van der Waals surface area contributed by atoms with E-state index in [-0.39, 0.29) is 18.1 Å². The summed E-state index contributed by atoms with van der Waals surface area (Å²) in [6.07, 6.45) is 1.81. The van der Waals surface area contributed by atoms with Gasteiger partial charge < -0.3 is 9.42 Å². The number of carbonyl (C=O) groups excluding carboxylic acids is 1. The molecule has 0 bridgehead atoms. The van der Waals surface area contributed by atoms with Crippen LogP contribution in [0.4, 0.5) is 4.39 Å². The normalized spacial score (nSPS) is 16.6. The van der Waals surface area contributed by atoms with Gasteiger partial charge in [0.15, 0.2) is 5.82 Å². The van der Waals surface area contributed by atoms with E-state index < -0.39 is 0 Å². The molecule has 0 saturated carbocycles. The fourth-order valence-corrected chi connectivity index (χ4v) is 3.45. The van der Waals surface area contributed by atoms with E-state index in [2.05, 4.69) is 10.1 Å². The zero-order chi connectivity index (χ0) is 18.6. The first-order chi connectivity index (χ1) is 13.2. The molecule has 1 aliphatic rings. The number of aromatic nitrogens is 2. The second-order valence-electron chi connectivity index (χ2n) is 6.89. The van der Waals surface area contributed by atoms with Crippen LogP contribution in [-0.2, 0) is 17.6 Å². The summed E-state index contributed by atoms with van der Waals surface area (Å²) in [6, 6.07) is 15.9. The lowest BCUT2D eigenvalue weighted by atomic mass is 10.0. The highest BCUT2D eigenvalue weighted by Crippen LogP contribution is 2.23.